The van der Waals surface area contributed by atoms with Crippen LogP contribution in [0.1, 0.15) is 24.5 Å². The number of aliphatic carboxylic acids is 1. The summed E-state index contributed by atoms with van der Waals surface area (Å²) in [6, 6.07) is 11.6. The monoisotopic (exact) mass is 452 g/mol. The highest BCUT2D eigenvalue weighted by Crippen LogP contribution is 2.42. The molecule has 0 aliphatic rings. The molecule has 0 saturated heterocycles. The highest BCUT2D eigenvalue weighted by atomic mass is 79.9. The molecule has 0 heterocycles. The number of ether oxygens (including phenoxy) is 1. The first kappa shape index (κ1) is 21.0. The molecule has 0 radical (unpaired) electrons. The lowest BCUT2D eigenvalue weighted by molar-refractivity contribution is -0.142. The van der Waals surface area contributed by atoms with Gasteiger partial charge in [0.2, 0.25) is 0 Å². The lowest BCUT2D eigenvalue weighted by Crippen LogP contribution is -2.43. The van der Waals surface area contributed by atoms with Gasteiger partial charge in [-0.2, -0.15) is 5.26 Å². The van der Waals surface area contributed by atoms with Crippen molar-refractivity contribution < 1.29 is 19.7 Å². The fraction of sp³-hybridized carbons (Fsp3) is 0.263. The van der Waals surface area contributed by atoms with Gasteiger partial charge in [0.15, 0.2) is 5.54 Å². The van der Waals surface area contributed by atoms with E-state index in [2.05, 4.69) is 21.2 Å². The van der Waals surface area contributed by atoms with Gasteiger partial charge in [0.25, 0.3) is 0 Å². The number of carboxylic acid groups (broad SMARTS) is 1. The number of anilines is 1. The van der Waals surface area contributed by atoms with Gasteiger partial charge >= 0.3 is 5.97 Å². The van der Waals surface area contributed by atoms with E-state index in [4.69, 9.17) is 26.7 Å². The molecule has 142 valence electrons. The van der Waals surface area contributed by atoms with Crippen LogP contribution in [-0.4, -0.2) is 29.4 Å². The molecular weight excluding hydrogens is 436 g/mol. The van der Waals surface area contributed by atoms with Crippen molar-refractivity contribution in [2.45, 2.75) is 18.9 Å². The predicted molar refractivity (Wildman–Crippen MR) is 106 cm³/mol. The summed E-state index contributed by atoms with van der Waals surface area (Å²) in [6.07, 6.45) is 0.185. The molecule has 0 aliphatic carbocycles. The summed E-state index contributed by atoms with van der Waals surface area (Å²) in [4.78, 5) is 12.4. The van der Waals surface area contributed by atoms with E-state index in [0.717, 1.165) is 0 Å². The largest absolute Gasteiger partial charge is 0.490 e. The Hall–Kier alpha value is -2.27. The van der Waals surface area contributed by atoms with Crippen molar-refractivity contribution in [1.82, 2.24) is 0 Å². The van der Waals surface area contributed by atoms with Gasteiger partial charge in [0, 0.05) is 16.3 Å². The van der Waals surface area contributed by atoms with Crippen LogP contribution in [0.25, 0.3) is 0 Å². The van der Waals surface area contributed by atoms with Gasteiger partial charge in [-0.3, -0.25) is 0 Å². The number of benzene rings is 2. The van der Waals surface area contributed by atoms with E-state index in [-0.39, 0.29) is 19.6 Å². The molecule has 0 aromatic heterocycles. The molecular formula is C19H18BrClN2O4. The molecule has 0 spiro atoms. The number of nitrogens with zero attached hydrogens (tertiary/aromatic N) is 1. The summed E-state index contributed by atoms with van der Waals surface area (Å²) < 4.78 is 6.09. The van der Waals surface area contributed by atoms with E-state index in [9.17, 15) is 9.90 Å². The molecule has 0 saturated carbocycles. The Bertz CT molecular complexity index is 867. The third-order valence-electron chi connectivity index (χ3n) is 4.07. The van der Waals surface area contributed by atoms with Gasteiger partial charge < -0.3 is 20.3 Å². The van der Waals surface area contributed by atoms with Crippen LogP contribution in [0.3, 0.4) is 0 Å². The number of aliphatic hydroxyl groups is 1. The molecule has 6 nitrogen and oxygen atoms in total. The minimum Gasteiger partial charge on any atom is -0.490 e. The number of aliphatic hydroxyl groups excluding tert-OH is 1. The van der Waals surface area contributed by atoms with E-state index in [1.807, 2.05) is 6.07 Å². The van der Waals surface area contributed by atoms with Gasteiger partial charge in [-0.05, 0) is 58.7 Å². The molecule has 2 aromatic rings. The molecule has 3 N–H and O–H groups in total. The Morgan fingerprint density at radius 1 is 1.37 bits per heavy atom. The van der Waals surface area contributed by atoms with Crippen LogP contribution in [-0.2, 0) is 10.3 Å². The van der Waals surface area contributed by atoms with Crippen LogP contribution in [0, 0.1) is 11.3 Å². The molecule has 0 amide bonds. The molecule has 2 aromatic carbocycles. The van der Waals surface area contributed by atoms with E-state index >= 15 is 0 Å². The fourth-order valence-corrected chi connectivity index (χ4v) is 3.64. The molecule has 0 bridgehead atoms. The van der Waals surface area contributed by atoms with Crippen LogP contribution in [0.4, 0.5) is 5.69 Å². The average molecular weight is 454 g/mol. The van der Waals surface area contributed by atoms with E-state index in [0.29, 0.717) is 32.1 Å². The average Bonchev–Trinajstić information content (AvgIpc) is 2.65. The summed E-state index contributed by atoms with van der Waals surface area (Å²) in [6.45, 7) is 1.52. The molecule has 0 aliphatic heterocycles. The smallest absolute Gasteiger partial charge is 0.334 e. The Morgan fingerprint density at radius 3 is 2.56 bits per heavy atom. The quantitative estimate of drug-likeness (QED) is 0.555. The summed E-state index contributed by atoms with van der Waals surface area (Å²) in [7, 11) is 0. The van der Waals surface area contributed by atoms with Crippen molar-refractivity contribution in [2.24, 2.45) is 0 Å². The number of hydrogen-bond donors (Lipinski definition) is 3. The maximum atomic E-state index is 12.4. The summed E-state index contributed by atoms with van der Waals surface area (Å²) in [5.41, 5.74) is -0.209. The van der Waals surface area contributed by atoms with Gasteiger partial charge in [0.1, 0.15) is 12.4 Å². The number of carboxylic acids is 1. The Kier molecular flexibility index (Phi) is 7.08. The second kappa shape index (κ2) is 9.09. The first-order valence-electron chi connectivity index (χ1n) is 8.13. The van der Waals surface area contributed by atoms with Crippen molar-refractivity contribution in [2.75, 3.05) is 18.5 Å². The predicted octanol–water partition coefficient (Wildman–Crippen LogP) is 4.15. The Morgan fingerprint density at radius 2 is 2.04 bits per heavy atom. The van der Waals surface area contributed by atoms with Crippen LogP contribution >= 0.6 is 27.5 Å². The SMILES string of the molecule is CCC(Nc1ccc(C#N)cc1)(C(=O)O)c1cc(Cl)cc(Br)c1OCCO. The minimum atomic E-state index is -1.54. The number of nitrogens with one attached hydrogen (secondary N) is 1. The van der Waals surface area contributed by atoms with Gasteiger partial charge in [-0.1, -0.05) is 18.5 Å². The molecule has 2 rings (SSSR count). The van der Waals surface area contributed by atoms with Crippen molar-refractivity contribution in [3.8, 4) is 11.8 Å². The minimum absolute atomic E-state index is 0.00348. The van der Waals surface area contributed by atoms with Gasteiger partial charge in [-0.25, -0.2) is 4.79 Å². The van der Waals surface area contributed by atoms with Gasteiger partial charge in [-0.15, -0.1) is 0 Å². The van der Waals surface area contributed by atoms with E-state index < -0.39 is 11.5 Å². The van der Waals surface area contributed by atoms with Crippen LogP contribution in [0.15, 0.2) is 40.9 Å². The Balaban J connectivity index is 2.61. The molecule has 0 fully saturated rings. The first-order chi connectivity index (χ1) is 12.9. The van der Waals surface area contributed by atoms with Crippen molar-refractivity contribution in [3.05, 3.63) is 57.0 Å². The van der Waals surface area contributed by atoms with E-state index in [1.54, 1.807) is 37.3 Å². The Labute approximate surface area is 170 Å². The summed E-state index contributed by atoms with van der Waals surface area (Å²) in [5, 5.41) is 31.5. The standard InChI is InChI=1S/C19H18BrClN2O4/c1-2-19(18(25)26,23-14-5-3-12(11-22)4-6-14)15-9-13(21)10-16(20)17(15)27-8-7-24/h3-6,9-10,23-24H,2,7-8H2,1H3,(H,25,26). The number of nitriles is 1. The van der Waals surface area contributed by atoms with Crippen molar-refractivity contribution >= 4 is 39.2 Å². The summed E-state index contributed by atoms with van der Waals surface area (Å²) in [5.74, 6) is -0.823. The third-order valence-corrected chi connectivity index (χ3v) is 4.88. The van der Waals surface area contributed by atoms with Crippen molar-refractivity contribution in [3.63, 3.8) is 0 Å². The van der Waals surface area contributed by atoms with Crippen molar-refractivity contribution in [1.29, 1.82) is 5.26 Å². The van der Waals surface area contributed by atoms with Crippen LogP contribution in [0.5, 0.6) is 5.75 Å². The maximum Gasteiger partial charge on any atom is 0.334 e. The van der Waals surface area contributed by atoms with Gasteiger partial charge in [0.05, 0.1) is 22.7 Å². The second-order valence-electron chi connectivity index (χ2n) is 5.71. The fourth-order valence-electron chi connectivity index (χ4n) is 2.71. The molecule has 1 atom stereocenters. The number of rotatable bonds is 8. The lowest BCUT2D eigenvalue weighted by Gasteiger charge is -2.33. The maximum absolute atomic E-state index is 12.4. The zero-order valence-corrected chi connectivity index (χ0v) is 16.8. The topological polar surface area (TPSA) is 103 Å². The number of carbonyl (C=O) groups is 1. The zero-order valence-electron chi connectivity index (χ0n) is 14.5. The third kappa shape index (κ3) is 4.53. The molecule has 8 heteroatoms. The summed E-state index contributed by atoms with van der Waals surface area (Å²) >= 11 is 9.53. The molecule has 27 heavy (non-hydrogen) atoms. The van der Waals surface area contributed by atoms with Crippen LogP contribution in [0.2, 0.25) is 5.02 Å². The zero-order chi connectivity index (χ0) is 20.0. The second-order valence-corrected chi connectivity index (χ2v) is 7.01. The number of hydrogen-bond acceptors (Lipinski definition) is 5. The highest BCUT2D eigenvalue weighted by molar-refractivity contribution is 9.10. The normalized spacial score (nSPS) is 12.7. The van der Waals surface area contributed by atoms with E-state index in [1.165, 1.54) is 6.07 Å². The van der Waals surface area contributed by atoms with Crippen LogP contribution < -0.4 is 10.1 Å². The highest BCUT2D eigenvalue weighted by Gasteiger charge is 2.42. The lowest BCUT2D eigenvalue weighted by atomic mass is 9.86. The number of halogens is 2. The molecule has 1 unspecified atom stereocenters. The first-order valence-corrected chi connectivity index (χ1v) is 9.30.